The molecule has 0 aliphatic rings. The van der Waals surface area contributed by atoms with Crippen LogP contribution in [0.4, 0.5) is 5.82 Å². The van der Waals surface area contributed by atoms with Crippen molar-refractivity contribution in [2.45, 2.75) is 20.4 Å². The second-order valence-electron chi connectivity index (χ2n) is 6.24. The SMILES string of the molecule is CC(=O)c1cccc(OCC(=O)Nc2cc(C)nn2Cc2ccccc2)c1. The number of hydrogen-bond donors (Lipinski definition) is 1. The maximum absolute atomic E-state index is 12.3. The summed E-state index contributed by atoms with van der Waals surface area (Å²) in [6.45, 7) is 3.77. The molecule has 0 unspecified atom stereocenters. The number of carbonyl (C=O) groups is 2. The van der Waals surface area contributed by atoms with Crippen molar-refractivity contribution < 1.29 is 14.3 Å². The van der Waals surface area contributed by atoms with Gasteiger partial charge in [0.1, 0.15) is 11.6 Å². The summed E-state index contributed by atoms with van der Waals surface area (Å²) in [6, 6.07) is 18.5. The number of nitrogens with one attached hydrogen (secondary N) is 1. The van der Waals surface area contributed by atoms with E-state index >= 15 is 0 Å². The number of nitrogens with zero attached hydrogens (tertiary/aromatic N) is 2. The molecule has 0 bridgehead atoms. The van der Waals surface area contributed by atoms with Gasteiger partial charge in [-0.05, 0) is 31.5 Å². The molecule has 1 N–H and O–H groups in total. The third-order valence-electron chi connectivity index (χ3n) is 3.96. The molecule has 138 valence electrons. The average molecular weight is 363 g/mol. The normalized spacial score (nSPS) is 10.4. The zero-order valence-corrected chi connectivity index (χ0v) is 15.3. The first kappa shape index (κ1) is 18.4. The molecule has 1 aromatic heterocycles. The maximum atomic E-state index is 12.3. The Bertz CT molecular complexity index is 948. The quantitative estimate of drug-likeness (QED) is 0.653. The number of rotatable bonds is 7. The summed E-state index contributed by atoms with van der Waals surface area (Å²) < 4.78 is 7.25. The first-order valence-electron chi connectivity index (χ1n) is 8.63. The number of ketones is 1. The van der Waals surface area contributed by atoms with Crippen molar-refractivity contribution in [3.63, 3.8) is 0 Å². The topological polar surface area (TPSA) is 73.2 Å². The molecule has 0 aliphatic heterocycles. The molecule has 6 nitrogen and oxygen atoms in total. The van der Waals surface area contributed by atoms with Crippen LogP contribution in [-0.4, -0.2) is 28.1 Å². The summed E-state index contributed by atoms with van der Waals surface area (Å²) in [5, 5.41) is 7.26. The number of anilines is 1. The van der Waals surface area contributed by atoms with E-state index in [0.717, 1.165) is 11.3 Å². The molecule has 0 spiro atoms. The van der Waals surface area contributed by atoms with E-state index in [1.54, 1.807) is 28.9 Å². The Balaban J connectivity index is 1.63. The van der Waals surface area contributed by atoms with Gasteiger partial charge < -0.3 is 10.1 Å². The van der Waals surface area contributed by atoms with Crippen molar-refractivity contribution in [2.75, 3.05) is 11.9 Å². The van der Waals surface area contributed by atoms with Crippen molar-refractivity contribution in [1.82, 2.24) is 9.78 Å². The van der Waals surface area contributed by atoms with Crippen LogP contribution in [0.1, 0.15) is 28.5 Å². The van der Waals surface area contributed by atoms with Gasteiger partial charge in [-0.25, -0.2) is 4.68 Å². The molecule has 1 heterocycles. The minimum Gasteiger partial charge on any atom is -0.484 e. The summed E-state index contributed by atoms with van der Waals surface area (Å²) >= 11 is 0. The summed E-state index contributed by atoms with van der Waals surface area (Å²) in [5.41, 5.74) is 2.45. The van der Waals surface area contributed by atoms with Crippen molar-refractivity contribution in [1.29, 1.82) is 0 Å². The zero-order valence-electron chi connectivity index (χ0n) is 15.3. The van der Waals surface area contributed by atoms with Gasteiger partial charge in [-0.15, -0.1) is 0 Å². The number of aryl methyl sites for hydroxylation is 1. The van der Waals surface area contributed by atoms with E-state index in [9.17, 15) is 9.59 Å². The predicted molar refractivity (Wildman–Crippen MR) is 103 cm³/mol. The maximum Gasteiger partial charge on any atom is 0.263 e. The van der Waals surface area contributed by atoms with Crippen LogP contribution in [0, 0.1) is 6.92 Å². The fourth-order valence-corrected chi connectivity index (χ4v) is 2.66. The third-order valence-corrected chi connectivity index (χ3v) is 3.96. The van der Waals surface area contributed by atoms with Crippen LogP contribution in [0.2, 0.25) is 0 Å². The molecule has 6 heteroatoms. The van der Waals surface area contributed by atoms with E-state index in [1.807, 2.05) is 43.3 Å². The van der Waals surface area contributed by atoms with E-state index in [4.69, 9.17) is 4.74 Å². The molecular formula is C21H21N3O3. The Morgan fingerprint density at radius 2 is 1.85 bits per heavy atom. The molecule has 3 rings (SSSR count). The van der Waals surface area contributed by atoms with Crippen LogP contribution in [0.3, 0.4) is 0 Å². The minimum absolute atomic E-state index is 0.0507. The van der Waals surface area contributed by atoms with E-state index in [2.05, 4.69) is 10.4 Å². The van der Waals surface area contributed by atoms with Crippen LogP contribution < -0.4 is 10.1 Å². The van der Waals surface area contributed by atoms with Gasteiger partial charge in [0.05, 0.1) is 12.2 Å². The van der Waals surface area contributed by atoms with Crippen LogP contribution in [-0.2, 0) is 11.3 Å². The first-order chi connectivity index (χ1) is 13.0. The highest BCUT2D eigenvalue weighted by atomic mass is 16.5. The second-order valence-corrected chi connectivity index (χ2v) is 6.24. The lowest BCUT2D eigenvalue weighted by Crippen LogP contribution is -2.22. The van der Waals surface area contributed by atoms with E-state index in [1.165, 1.54) is 6.92 Å². The minimum atomic E-state index is -0.294. The van der Waals surface area contributed by atoms with Gasteiger partial charge in [0.25, 0.3) is 5.91 Å². The van der Waals surface area contributed by atoms with Gasteiger partial charge in [-0.1, -0.05) is 42.5 Å². The third kappa shape index (κ3) is 5.04. The first-order valence-corrected chi connectivity index (χ1v) is 8.63. The van der Waals surface area contributed by atoms with Crippen LogP contribution in [0.25, 0.3) is 0 Å². The van der Waals surface area contributed by atoms with Gasteiger partial charge in [-0.2, -0.15) is 5.10 Å². The van der Waals surface area contributed by atoms with Crippen molar-refractivity contribution in [3.8, 4) is 5.75 Å². The zero-order chi connectivity index (χ0) is 19.2. The average Bonchev–Trinajstić information content (AvgIpc) is 3.00. The van der Waals surface area contributed by atoms with E-state index in [-0.39, 0.29) is 18.3 Å². The Labute approximate surface area is 157 Å². The van der Waals surface area contributed by atoms with Crippen molar-refractivity contribution in [2.24, 2.45) is 0 Å². The second kappa shape index (κ2) is 8.31. The Morgan fingerprint density at radius 1 is 1.07 bits per heavy atom. The molecule has 0 saturated heterocycles. The number of carbonyl (C=O) groups excluding carboxylic acids is 2. The largest absolute Gasteiger partial charge is 0.484 e. The lowest BCUT2D eigenvalue weighted by atomic mass is 10.1. The summed E-state index contributed by atoms with van der Waals surface area (Å²) in [4.78, 5) is 23.7. The summed E-state index contributed by atoms with van der Waals surface area (Å²) in [7, 11) is 0. The number of amides is 1. The number of aromatic nitrogens is 2. The highest BCUT2D eigenvalue weighted by Crippen LogP contribution is 2.15. The van der Waals surface area contributed by atoms with Gasteiger partial charge in [0, 0.05) is 11.6 Å². The van der Waals surface area contributed by atoms with E-state index < -0.39 is 0 Å². The standard InChI is InChI=1S/C21H21N3O3/c1-15-11-20(24(23-15)13-17-7-4-3-5-8-17)22-21(26)14-27-19-10-6-9-18(12-19)16(2)25/h3-12H,13-14H2,1-2H3,(H,22,26). The lowest BCUT2D eigenvalue weighted by Gasteiger charge is -2.10. The number of ether oxygens (including phenoxy) is 1. The summed E-state index contributed by atoms with van der Waals surface area (Å²) in [6.07, 6.45) is 0. The van der Waals surface area contributed by atoms with Gasteiger partial charge >= 0.3 is 0 Å². The predicted octanol–water partition coefficient (Wildman–Crippen LogP) is 3.46. The molecule has 27 heavy (non-hydrogen) atoms. The highest BCUT2D eigenvalue weighted by Gasteiger charge is 2.11. The fourth-order valence-electron chi connectivity index (χ4n) is 2.66. The lowest BCUT2D eigenvalue weighted by molar-refractivity contribution is -0.118. The molecule has 0 aliphatic carbocycles. The molecule has 0 saturated carbocycles. The Hall–Kier alpha value is -3.41. The van der Waals surface area contributed by atoms with Crippen LogP contribution in [0.5, 0.6) is 5.75 Å². The fraction of sp³-hybridized carbons (Fsp3) is 0.190. The Morgan fingerprint density at radius 3 is 2.59 bits per heavy atom. The molecule has 3 aromatic rings. The van der Waals surface area contributed by atoms with Crippen LogP contribution in [0.15, 0.2) is 60.7 Å². The molecule has 0 fully saturated rings. The van der Waals surface area contributed by atoms with Crippen molar-refractivity contribution in [3.05, 3.63) is 77.5 Å². The van der Waals surface area contributed by atoms with Crippen molar-refractivity contribution >= 4 is 17.5 Å². The molecular weight excluding hydrogens is 342 g/mol. The Kier molecular flexibility index (Phi) is 5.66. The summed E-state index contributed by atoms with van der Waals surface area (Å²) in [5.74, 6) is 0.747. The van der Waals surface area contributed by atoms with Gasteiger partial charge in [0.15, 0.2) is 12.4 Å². The molecule has 0 radical (unpaired) electrons. The highest BCUT2D eigenvalue weighted by molar-refractivity contribution is 5.94. The number of Topliss-reactive ketones (excluding diaryl/α,β-unsaturated/α-hetero) is 1. The molecule has 0 atom stereocenters. The van der Waals surface area contributed by atoms with E-state index in [0.29, 0.717) is 23.7 Å². The smallest absolute Gasteiger partial charge is 0.263 e. The van der Waals surface area contributed by atoms with Gasteiger partial charge in [0.2, 0.25) is 0 Å². The number of hydrogen-bond acceptors (Lipinski definition) is 4. The molecule has 2 aromatic carbocycles. The molecule has 1 amide bonds. The monoisotopic (exact) mass is 363 g/mol. The van der Waals surface area contributed by atoms with Gasteiger partial charge in [-0.3, -0.25) is 9.59 Å². The van der Waals surface area contributed by atoms with Crippen LogP contribution >= 0.6 is 0 Å². The number of benzene rings is 2.